The maximum Gasteiger partial charge on any atom is 0.321 e. The number of hydrogen-bond acceptors (Lipinski definition) is 2. The number of urea groups is 1. The molecule has 0 aromatic heterocycles. The number of carbonyl (C=O) groups is 2. The standard InChI is InChI=1S/C14H16BrFN2O3/c1-8-4-9(13(19)20)7-18(6-8)14(21)17-10-2-3-12(16)11(15)5-10/h2-3,5,8-9H,4,6-7H2,1H3,(H,17,21)(H,19,20). The average molecular weight is 359 g/mol. The van der Waals surface area contributed by atoms with Crippen molar-refractivity contribution >= 4 is 33.6 Å². The van der Waals surface area contributed by atoms with Crippen LogP contribution in [0.25, 0.3) is 0 Å². The van der Waals surface area contributed by atoms with Gasteiger partial charge in [-0.1, -0.05) is 6.92 Å². The molecule has 1 aliphatic rings. The number of nitrogens with one attached hydrogen (secondary N) is 1. The molecule has 1 aromatic carbocycles. The molecule has 21 heavy (non-hydrogen) atoms. The largest absolute Gasteiger partial charge is 0.481 e. The molecule has 0 bridgehead atoms. The van der Waals surface area contributed by atoms with Crippen molar-refractivity contribution in [3.05, 3.63) is 28.5 Å². The minimum Gasteiger partial charge on any atom is -0.481 e. The van der Waals surface area contributed by atoms with E-state index < -0.39 is 17.7 Å². The third-order valence-corrected chi connectivity index (χ3v) is 4.07. The van der Waals surface area contributed by atoms with Crippen LogP contribution in [0.15, 0.2) is 22.7 Å². The van der Waals surface area contributed by atoms with Crippen molar-refractivity contribution in [2.45, 2.75) is 13.3 Å². The number of aliphatic carboxylic acids is 1. The summed E-state index contributed by atoms with van der Waals surface area (Å²) >= 11 is 3.05. The van der Waals surface area contributed by atoms with Gasteiger partial charge in [-0.05, 0) is 46.5 Å². The number of amides is 2. The van der Waals surface area contributed by atoms with Crippen molar-refractivity contribution in [2.24, 2.45) is 11.8 Å². The van der Waals surface area contributed by atoms with Gasteiger partial charge in [-0.25, -0.2) is 9.18 Å². The molecule has 1 heterocycles. The predicted molar refractivity (Wildman–Crippen MR) is 79.6 cm³/mol. The lowest BCUT2D eigenvalue weighted by atomic mass is 9.91. The summed E-state index contributed by atoms with van der Waals surface area (Å²) < 4.78 is 13.4. The smallest absolute Gasteiger partial charge is 0.321 e. The van der Waals surface area contributed by atoms with Crippen molar-refractivity contribution in [1.29, 1.82) is 0 Å². The molecule has 2 amide bonds. The van der Waals surface area contributed by atoms with Crippen molar-refractivity contribution in [1.82, 2.24) is 4.90 Å². The van der Waals surface area contributed by atoms with E-state index in [0.29, 0.717) is 18.7 Å². The summed E-state index contributed by atoms with van der Waals surface area (Å²) in [6, 6.07) is 3.81. The lowest BCUT2D eigenvalue weighted by Crippen LogP contribution is -2.47. The van der Waals surface area contributed by atoms with Gasteiger partial charge in [0.15, 0.2) is 0 Å². The normalized spacial score (nSPS) is 22.0. The maximum atomic E-state index is 13.1. The molecular weight excluding hydrogens is 343 g/mol. The van der Waals surface area contributed by atoms with Crippen molar-refractivity contribution in [3.63, 3.8) is 0 Å². The molecule has 0 radical (unpaired) electrons. The minimum absolute atomic E-state index is 0.130. The van der Waals surface area contributed by atoms with Gasteiger partial charge in [0, 0.05) is 18.8 Å². The summed E-state index contributed by atoms with van der Waals surface area (Å²) in [5, 5.41) is 11.8. The van der Waals surface area contributed by atoms with Crippen LogP contribution >= 0.6 is 15.9 Å². The number of nitrogens with zero attached hydrogens (tertiary/aromatic N) is 1. The summed E-state index contributed by atoms with van der Waals surface area (Å²) in [6.45, 7) is 2.62. The summed E-state index contributed by atoms with van der Waals surface area (Å²) in [5.74, 6) is -1.71. The number of rotatable bonds is 2. The molecule has 2 N–H and O–H groups in total. The number of piperidine rings is 1. The van der Waals surface area contributed by atoms with Gasteiger partial charge in [0.25, 0.3) is 0 Å². The highest BCUT2D eigenvalue weighted by molar-refractivity contribution is 9.10. The number of carbonyl (C=O) groups excluding carboxylic acids is 1. The summed E-state index contributed by atoms with van der Waals surface area (Å²) in [6.07, 6.45) is 0.571. The molecule has 1 saturated heterocycles. The van der Waals surface area contributed by atoms with Gasteiger partial charge in [-0.15, -0.1) is 0 Å². The number of anilines is 1. The Morgan fingerprint density at radius 3 is 2.76 bits per heavy atom. The van der Waals surface area contributed by atoms with Gasteiger partial charge < -0.3 is 15.3 Å². The highest BCUT2D eigenvalue weighted by Crippen LogP contribution is 2.24. The van der Waals surface area contributed by atoms with E-state index in [9.17, 15) is 14.0 Å². The average Bonchev–Trinajstić information content (AvgIpc) is 2.42. The summed E-state index contributed by atoms with van der Waals surface area (Å²) in [4.78, 5) is 24.8. The summed E-state index contributed by atoms with van der Waals surface area (Å²) in [5.41, 5.74) is 0.457. The Balaban J connectivity index is 2.05. The maximum absolute atomic E-state index is 13.1. The zero-order chi connectivity index (χ0) is 15.6. The molecule has 114 valence electrons. The Hall–Kier alpha value is -1.63. The third-order valence-electron chi connectivity index (χ3n) is 3.47. The van der Waals surface area contributed by atoms with E-state index >= 15 is 0 Å². The van der Waals surface area contributed by atoms with E-state index in [1.807, 2.05) is 6.92 Å². The Labute approximate surface area is 130 Å². The van der Waals surface area contributed by atoms with Gasteiger partial charge in [-0.3, -0.25) is 4.79 Å². The van der Waals surface area contributed by atoms with Gasteiger partial charge in [-0.2, -0.15) is 0 Å². The topological polar surface area (TPSA) is 69.6 Å². The lowest BCUT2D eigenvalue weighted by molar-refractivity contribution is -0.143. The van der Waals surface area contributed by atoms with Crippen LogP contribution < -0.4 is 5.32 Å². The van der Waals surface area contributed by atoms with E-state index in [1.165, 1.54) is 23.1 Å². The van der Waals surface area contributed by atoms with Gasteiger partial charge >= 0.3 is 12.0 Å². The van der Waals surface area contributed by atoms with E-state index in [-0.39, 0.29) is 23.0 Å². The van der Waals surface area contributed by atoms with Crippen molar-refractivity contribution in [3.8, 4) is 0 Å². The van der Waals surface area contributed by atoms with Crippen LogP contribution in [0.5, 0.6) is 0 Å². The van der Waals surface area contributed by atoms with E-state index in [4.69, 9.17) is 5.11 Å². The Morgan fingerprint density at radius 2 is 2.14 bits per heavy atom. The van der Waals surface area contributed by atoms with E-state index in [1.54, 1.807) is 0 Å². The van der Waals surface area contributed by atoms with Crippen LogP contribution in [-0.2, 0) is 4.79 Å². The number of carboxylic acid groups (broad SMARTS) is 1. The Bertz CT molecular complexity index is 567. The highest BCUT2D eigenvalue weighted by atomic mass is 79.9. The number of hydrogen-bond donors (Lipinski definition) is 2. The van der Waals surface area contributed by atoms with E-state index in [0.717, 1.165) is 0 Å². The van der Waals surface area contributed by atoms with Crippen LogP contribution in [0.3, 0.4) is 0 Å². The Kier molecular flexibility index (Phi) is 4.82. The minimum atomic E-state index is -0.885. The second-order valence-electron chi connectivity index (χ2n) is 5.34. The lowest BCUT2D eigenvalue weighted by Gasteiger charge is -2.34. The van der Waals surface area contributed by atoms with Crippen molar-refractivity contribution in [2.75, 3.05) is 18.4 Å². The number of carboxylic acids is 1. The first-order valence-electron chi connectivity index (χ1n) is 6.60. The van der Waals surface area contributed by atoms with Crippen LogP contribution in [0, 0.1) is 17.7 Å². The first kappa shape index (κ1) is 15.8. The molecule has 2 unspecified atom stereocenters. The molecule has 1 fully saturated rings. The molecule has 0 aliphatic carbocycles. The second kappa shape index (κ2) is 6.43. The molecule has 1 aliphatic heterocycles. The second-order valence-corrected chi connectivity index (χ2v) is 6.19. The quantitative estimate of drug-likeness (QED) is 0.852. The fourth-order valence-corrected chi connectivity index (χ4v) is 2.85. The first-order chi connectivity index (χ1) is 9.86. The van der Waals surface area contributed by atoms with Crippen LogP contribution in [-0.4, -0.2) is 35.1 Å². The monoisotopic (exact) mass is 358 g/mol. The zero-order valence-electron chi connectivity index (χ0n) is 11.5. The zero-order valence-corrected chi connectivity index (χ0v) is 13.1. The molecular formula is C14H16BrFN2O3. The molecule has 0 saturated carbocycles. The third kappa shape index (κ3) is 3.93. The van der Waals surface area contributed by atoms with Crippen LogP contribution in [0.1, 0.15) is 13.3 Å². The molecule has 2 rings (SSSR count). The molecule has 5 nitrogen and oxygen atoms in total. The van der Waals surface area contributed by atoms with Crippen LogP contribution in [0.2, 0.25) is 0 Å². The highest BCUT2D eigenvalue weighted by Gasteiger charge is 2.31. The predicted octanol–water partition coefficient (Wildman–Crippen LogP) is 3.16. The fourth-order valence-electron chi connectivity index (χ4n) is 2.47. The molecule has 0 spiro atoms. The van der Waals surface area contributed by atoms with Gasteiger partial charge in [0.1, 0.15) is 5.82 Å². The van der Waals surface area contributed by atoms with Crippen molar-refractivity contribution < 1.29 is 19.1 Å². The molecule has 1 aromatic rings. The van der Waals surface area contributed by atoms with E-state index in [2.05, 4.69) is 21.2 Å². The van der Waals surface area contributed by atoms with Gasteiger partial charge in [0.05, 0.1) is 10.4 Å². The SMILES string of the molecule is CC1CC(C(=O)O)CN(C(=O)Nc2ccc(F)c(Br)c2)C1. The van der Waals surface area contributed by atoms with Crippen LogP contribution in [0.4, 0.5) is 14.9 Å². The van der Waals surface area contributed by atoms with Gasteiger partial charge in [0.2, 0.25) is 0 Å². The molecule has 2 atom stereocenters. The number of likely N-dealkylation sites (tertiary alicyclic amines) is 1. The fraction of sp³-hybridized carbons (Fsp3) is 0.429. The molecule has 7 heteroatoms. The first-order valence-corrected chi connectivity index (χ1v) is 7.40. The number of halogens is 2. The number of benzene rings is 1. The Morgan fingerprint density at radius 1 is 1.43 bits per heavy atom. The summed E-state index contributed by atoms with van der Waals surface area (Å²) in [7, 11) is 0.